The first-order valence-corrected chi connectivity index (χ1v) is 6.66. The fraction of sp³-hybridized carbons (Fsp3) is 0.429. The smallest absolute Gasteiger partial charge is 0.226 e. The van der Waals surface area contributed by atoms with Crippen molar-refractivity contribution < 1.29 is 9.59 Å². The van der Waals surface area contributed by atoms with E-state index in [0.29, 0.717) is 19.5 Å². The van der Waals surface area contributed by atoms with Gasteiger partial charge in [-0.05, 0) is 18.4 Å². The van der Waals surface area contributed by atoms with E-state index in [9.17, 15) is 9.59 Å². The molecule has 0 unspecified atom stereocenters. The monoisotopic (exact) mass is 263 g/mol. The molecule has 0 saturated carbocycles. The Bertz CT molecular complexity index is 425. The second-order valence-corrected chi connectivity index (χ2v) is 5.10. The predicted octanol–water partition coefficient (Wildman–Crippen LogP) is 1.92. The highest BCUT2D eigenvalue weighted by Crippen LogP contribution is 2.20. The first kappa shape index (κ1) is 13.1. The summed E-state index contributed by atoms with van der Waals surface area (Å²) < 4.78 is 0. The second-order valence-electron chi connectivity index (χ2n) is 4.66. The number of carbonyl (C=O) groups is 2. The zero-order valence-electron chi connectivity index (χ0n) is 10.2. The molecule has 0 N–H and O–H groups in total. The molecule has 1 aromatic rings. The van der Waals surface area contributed by atoms with E-state index < -0.39 is 0 Å². The van der Waals surface area contributed by atoms with E-state index >= 15 is 0 Å². The van der Waals surface area contributed by atoms with Crippen molar-refractivity contribution in [1.82, 2.24) is 4.90 Å². The highest BCUT2D eigenvalue weighted by Gasteiger charge is 2.25. The maximum atomic E-state index is 12.1. The van der Waals surface area contributed by atoms with Gasteiger partial charge in [0.25, 0.3) is 0 Å². The maximum Gasteiger partial charge on any atom is 0.226 e. The summed E-state index contributed by atoms with van der Waals surface area (Å²) in [5.74, 6) is 0.167. The Morgan fingerprint density at radius 2 is 1.78 bits per heavy atom. The summed E-state index contributed by atoms with van der Waals surface area (Å²) in [6.07, 6.45) is 1.92. The molecule has 1 saturated heterocycles. The summed E-state index contributed by atoms with van der Waals surface area (Å²) in [4.78, 5) is 25.0. The average Bonchev–Trinajstić information content (AvgIpc) is 2.40. The summed E-state index contributed by atoms with van der Waals surface area (Å²) >= 11 is 3.86. The molecule has 0 aliphatic carbocycles. The third kappa shape index (κ3) is 3.35. The van der Waals surface area contributed by atoms with Crippen molar-refractivity contribution in [3.63, 3.8) is 0 Å². The molecule has 1 aromatic carbocycles. The van der Waals surface area contributed by atoms with Crippen LogP contribution in [0, 0.1) is 5.92 Å². The van der Waals surface area contributed by atoms with E-state index in [1.54, 1.807) is 0 Å². The fourth-order valence-corrected chi connectivity index (χ4v) is 2.52. The lowest BCUT2D eigenvalue weighted by Crippen LogP contribution is -2.40. The molecule has 2 rings (SSSR count). The number of benzene rings is 1. The van der Waals surface area contributed by atoms with Crippen LogP contribution in [0.1, 0.15) is 18.4 Å². The predicted molar refractivity (Wildman–Crippen MR) is 73.4 cm³/mol. The Labute approximate surface area is 113 Å². The number of nitrogens with zero attached hydrogens (tertiary/aromatic N) is 1. The number of amides is 1. The van der Waals surface area contributed by atoms with Gasteiger partial charge in [0, 0.05) is 19.0 Å². The highest BCUT2D eigenvalue weighted by molar-refractivity contribution is 7.96. The zero-order valence-corrected chi connectivity index (χ0v) is 11.1. The first-order chi connectivity index (χ1) is 8.66. The van der Waals surface area contributed by atoms with Gasteiger partial charge in [-0.3, -0.25) is 9.59 Å². The van der Waals surface area contributed by atoms with Gasteiger partial charge in [-0.15, -0.1) is 12.6 Å². The molecule has 0 spiro atoms. The van der Waals surface area contributed by atoms with Crippen molar-refractivity contribution in [2.45, 2.75) is 19.3 Å². The van der Waals surface area contributed by atoms with Gasteiger partial charge in [-0.2, -0.15) is 0 Å². The lowest BCUT2D eigenvalue weighted by Gasteiger charge is -2.30. The SMILES string of the molecule is O=C(S)C1CCN(C(=O)Cc2ccccc2)CC1. The third-order valence-corrected chi connectivity index (χ3v) is 3.76. The van der Waals surface area contributed by atoms with Crippen LogP contribution in [0.4, 0.5) is 0 Å². The van der Waals surface area contributed by atoms with Crippen molar-refractivity contribution >= 4 is 23.7 Å². The molecule has 1 fully saturated rings. The van der Waals surface area contributed by atoms with Crippen LogP contribution in [0.2, 0.25) is 0 Å². The van der Waals surface area contributed by atoms with Crippen LogP contribution < -0.4 is 0 Å². The molecule has 0 bridgehead atoms. The van der Waals surface area contributed by atoms with Crippen molar-refractivity contribution in [3.05, 3.63) is 35.9 Å². The summed E-state index contributed by atoms with van der Waals surface area (Å²) in [7, 11) is 0. The van der Waals surface area contributed by atoms with Gasteiger partial charge in [0.15, 0.2) is 5.12 Å². The lowest BCUT2D eigenvalue weighted by atomic mass is 9.98. The Morgan fingerprint density at radius 3 is 2.33 bits per heavy atom. The van der Waals surface area contributed by atoms with Crippen molar-refractivity contribution in [2.24, 2.45) is 5.92 Å². The van der Waals surface area contributed by atoms with Crippen LogP contribution in [0.5, 0.6) is 0 Å². The van der Waals surface area contributed by atoms with Gasteiger partial charge in [0.1, 0.15) is 0 Å². The molecule has 0 atom stereocenters. The van der Waals surface area contributed by atoms with Crippen LogP contribution in [0.15, 0.2) is 30.3 Å². The number of rotatable bonds is 3. The molecule has 18 heavy (non-hydrogen) atoms. The largest absolute Gasteiger partial charge is 0.342 e. The number of likely N-dealkylation sites (tertiary alicyclic amines) is 1. The molecule has 0 aromatic heterocycles. The molecular formula is C14H17NO2S. The number of hydrogen-bond acceptors (Lipinski definition) is 2. The fourth-order valence-electron chi connectivity index (χ4n) is 2.26. The van der Waals surface area contributed by atoms with Gasteiger partial charge in [0.2, 0.25) is 5.91 Å². The van der Waals surface area contributed by atoms with Crippen LogP contribution in [-0.2, 0) is 16.0 Å². The molecule has 1 aliphatic heterocycles. The Balaban J connectivity index is 1.86. The lowest BCUT2D eigenvalue weighted by molar-refractivity contribution is -0.133. The second kappa shape index (κ2) is 6.05. The van der Waals surface area contributed by atoms with Crippen molar-refractivity contribution in [1.29, 1.82) is 0 Å². The normalized spacial score (nSPS) is 16.6. The van der Waals surface area contributed by atoms with E-state index in [1.807, 2.05) is 35.2 Å². The molecule has 4 heteroatoms. The molecule has 3 nitrogen and oxygen atoms in total. The first-order valence-electron chi connectivity index (χ1n) is 6.21. The maximum absolute atomic E-state index is 12.1. The van der Waals surface area contributed by atoms with Gasteiger partial charge < -0.3 is 4.90 Å². The Morgan fingerprint density at radius 1 is 1.17 bits per heavy atom. The summed E-state index contributed by atoms with van der Waals surface area (Å²) in [6, 6.07) is 9.74. The van der Waals surface area contributed by atoms with Crippen LogP contribution in [0.3, 0.4) is 0 Å². The van der Waals surface area contributed by atoms with Crippen LogP contribution in [0.25, 0.3) is 0 Å². The molecular weight excluding hydrogens is 246 g/mol. The number of hydrogen-bond donors (Lipinski definition) is 1. The van der Waals surface area contributed by atoms with Gasteiger partial charge in [0.05, 0.1) is 6.42 Å². The van der Waals surface area contributed by atoms with Crippen molar-refractivity contribution in [3.8, 4) is 0 Å². The topological polar surface area (TPSA) is 37.4 Å². The zero-order chi connectivity index (χ0) is 13.0. The van der Waals surface area contributed by atoms with E-state index in [2.05, 4.69) is 12.6 Å². The summed E-state index contributed by atoms with van der Waals surface area (Å²) in [6.45, 7) is 1.34. The van der Waals surface area contributed by atoms with Gasteiger partial charge in [-0.25, -0.2) is 0 Å². The van der Waals surface area contributed by atoms with Crippen LogP contribution >= 0.6 is 12.6 Å². The van der Waals surface area contributed by atoms with Gasteiger partial charge >= 0.3 is 0 Å². The number of piperidine rings is 1. The van der Waals surface area contributed by atoms with Crippen LogP contribution in [-0.4, -0.2) is 29.0 Å². The molecule has 1 heterocycles. The van der Waals surface area contributed by atoms with E-state index in [1.165, 1.54) is 0 Å². The quantitative estimate of drug-likeness (QED) is 0.846. The molecule has 1 amide bonds. The van der Waals surface area contributed by atoms with E-state index in [4.69, 9.17) is 0 Å². The van der Waals surface area contributed by atoms with E-state index in [-0.39, 0.29) is 16.9 Å². The Kier molecular flexibility index (Phi) is 4.42. The minimum Gasteiger partial charge on any atom is -0.342 e. The standard InChI is InChI=1S/C14H17NO2S/c16-13(10-11-4-2-1-3-5-11)15-8-6-12(7-9-15)14(17)18/h1-5,12H,6-10H2,(H,17,18). The minimum atomic E-state index is -0.0508. The van der Waals surface area contributed by atoms with E-state index in [0.717, 1.165) is 18.4 Å². The van der Waals surface area contributed by atoms with Gasteiger partial charge in [-0.1, -0.05) is 30.3 Å². The molecule has 96 valence electrons. The van der Waals surface area contributed by atoms with Crippen molar-refractivity contribution in [2.75, 3.05) is 13.1 Å². The number of carbonyl (C=O) groups excluding carboxylic acids is 2. The molecule has 0 radical (unpaired) electrons. The minimum absolute atomic E-state index is 0.0223. The summed E-state index contributed by atoms with van der Waals surface area (Å²) in [5, 5.41) is -0.0508. The summed E-state index contributed by atoms with van der Waals surface area (Å²) in [5.41, 5.74) is 1.04. The third-order valence-electron chi connectivity index (χ3n) is 3.40. The highest BCUT2D eigenvalue weighted by atomic mass is 32.1. The average molecular weight is 263 g/mol. The Hall–Kier alpha value is -1.29. The molecule has 1 aliphatic rings. The number of thiol groups is 1.